The van der Waals surface area contributed by atoms with Gasteiger partial charge in [-0.1, -0.05) is 26.2 Å². The third kappa shape index (κ3) is 10.2. The van der Waals surface area contributed by atoms with Gasteiger partial charge in [-0.25, -0.2) is 0 Å². The number of hydrogen-bond donors (Lipinski definition) is 3. The lowest BCUT2D eigenvalue weighted by molar-refractivity contribution is -0.120. The van der Waals surface area contributed by atoms with Crippen LogP contribution in [-0.4, -0.2) is 31.5 Å². The molecule has 3 N–H and O–H groups in total. The number of amides is 1. The topological polar surface area (TPSA) is 78.7 Å². The summed E-state index contributed by atoms with van der Waals surface area (Å²) in [7, 11) is 1.70. The molecule has 0 spiro atoms. The minimum atomic E-state index is -0.0991. The first-order valence-corrected chi connectivity index (χ1v) is 7.92. The van der Waals surface area contributed by atoms with Crippen molar-refractivity contribution >= 4 is 35.8 Å². The van der Waals surface area contributed by atoms with Gasteiger partial charge in [0.25, 0.3) is 0 Å². The number of guanidine groups is 1. The van der Waals surface area contributed by atoms with Crippen LogP contribution in [-0.2, 0) is 11.3 Å². The van der Waals surface area contributed by atoms with E-state index in [1.165, 1.54) is 19.3 Å². The van der Waals surface area contributed by atoms with Gasteiger partial charge >= 0.3 is 0 Å². The average Bonchev–Trinajstić information content (AvgIpc) is 3.03. The Morgan fingerprint density at radius 3 is 2.74 bits per heavy atom. The van der Waals surface area contributed by atoms with Crippen LogP contribution in [0.25, 0.3) is 0 Å². The summed E-state index contributed by atoms with van der Waals surface area (Å²) in [5, 5.41) is 9.09. The minimum absolute atomic E-state index is 0. The Hall–Kier alpha value is -1.25. The summed E-state index contributed by atoms with van der Waals surface area (Å²) in [5.41, 5.74) is 0. The zero-order valence-corrected chi connectivity index (χ0v) is 16.6. The molecule has 1 aromatic rings. The molecule has 1 heterocycles. The average molecular weight is 436 g/mol. The second-order valence-electron chi connectivity index (χ2n) is 5.32. The number of hydrogen-bond acceptors (Lipinski definition) is 3. The molecule has 0 aliphatic carbocycles. The lowest BCUT2D eigenvalue weighted by Crippen LogP contribution is -2.45. The molecule has 0 aromatic carbocycles. The van der Waals surface area contributed by atoms with Crippen molar-refractivity contribution < 1.29 is 9.21 Å². The molecule has 23 heavy (non-hydrogen) atoms. The quantitative estimate of drug-likeness (QED) is 0.241. The highest BCUT2D eigenvalue weighted by Gasteiger charge is 2.07. The number of nitrogens with one attached hydrogen (secondary N) is 3. The molecule has 1 unspecified atom stereocenters. The second kappa shape index (κ2) is 13.2. The Labute approximate surface area is 155 Å². The van der Waals surface area contributed by atoms with Gasteiger partial charge in [0, 0.05) is 13.1 Å². The number of aliphatic imine (C=N–C) groups is 1. The van der Waals surface area contributed by atoms with Crippen LogP contribution in [0, 0.1) is 0 Å². The standard InChI is InChI=1S/C16H28N4O2.HI/c1-4-5-6-8-13(2)20-16(17-3)19-12-15(21)18-11-14-9-7-10-22-14;/h7,9-10,13H,4-6,8,11-12H2,1-3H3,(H,18,21)(H2,17,19,20);1H. The summed E-state index contributed by atoms with van der Waals surface area (Å²) in [5.74, 6) is 1.29. The maximum Gasteiger partial charge on any atom is 0.239 e. The largest absolute Gasteiger partial charge is 0.467 e. The number of nitrogens with zero attached hydrogens (tertiary/aromatic N) is 1. The van der Waals surface area contributed by atoms with Crippen LogP contribution in [0.15, 0.2) is 27.8 Å². The smallest absolute Gasteiger partial charge is 0.239 e. The first kappa shape index (κ1) is 21.8. The minimum Gasteiger partial charge on any atom is -0.467 e. The van der Waals surface area contributed by atoms with Gasteiger partial charge < -0.3 is 20.4 Å². The van der Waals surface area contributed by atoms with Crippen molar-refractivity contribution in [3.05, 3.63) is 24.2 Å². The number of halogens is 1. The Balaban J connectivity index is 0.00000484. The molecule has 0 saturated heterocycles. The van der Waals surface area contributed by atoms with E-state index in [1.807, 2.05) is 6.07 Å². The molecule has 1 aromatic heterocycles. The third-order valence-corrected chi connectivity index (χ3v) is 3.30. The van der Waals surface area contributed by atoms with Gasteiger partial charge in [0.05, 0.1) is 19.4 Å². The molecular weight excluding hydrogens is 407 g/mol. The molecule has 1 rings (SSSR count). The summed E-state index contributed by atoms with van der Waals surface area (Å²) in [6, 6.07) is 3.96. The Bertz CT molecular complexity index is 449. The first-order valence-electron chi connectivity index (χ1n) is 7.92. The zero-order valence-electron chi connectivity index (χ0n) is 14.2. The highest BCUT2D eigenvalue weighted by molar-refractivity contribution is 14.0. The van der Waals surface area contributed by atoms with E-state index < -0.39 is 0 Å². The molecule has 0 aliphatic heterocycles. The number of furan rings is 1. The summed E-state index contributed by atoms with van der Waals surface area (Å²) in [6.45, 7) is 4.90. The van der Waals surface area contributed by atoms with Crippen LogP contribution in [0.2, 0.25) is 0 Å². The van der Waals surface area contributed by atoms with Crippen LogP contribution in [0.5, 0.6) is 0 Å². The molecule has 0 aliphatic rings. The van der Waals surface area contributed by atoms with E-state index in [2.05, 4.69) is 34.8 Å². The predicted octanol–water partition coefficient (Wildman–Crippen LogP) is 2.65. The van der Waals surface area contributed by atoms with Crippen molar-refractivity contribution in [3.8, 4) is 0 Å². The molecule has 7 heteroatoms. The van der Waals surface area contributed by atoms with E-state index >= 15 is 0 Å². The highest BCUT2D eigenvalue weighted by Crippen LogP contribution is 2.02. The maximum absolute atomic E-state index is 11.8. The van der Waals surface area contributed by atoms with Crippen LogP contribution in [0.4, 0.5) is 0 Å². The number of unbranched alkanes of at least 4 members (excludes halogenated alkanes) is 2. The normalized spacial score (nSPS) is 12.2. The summed E-state index contributed by atoms with van der Waals surface area (Å²) in [6.07, 6.45) is 6.35. The van der Waals surface area contributed by atoms with E-state index in [0.717, 1.165) is 12.2 Å². The molecule has 0 saturated carbocycles. The monoisotopic (exact) mass is 436 g/mol. The van der Waals surface area contributed by atoms with E-state index in [0.29, 0.717) is 18.5 Å². The second-order valence-corrected chi connectivity index (χ2v) is 5.32. The van der Waals surface area contributed by atoms with Gasteiger partial charge in [-0.15, -0.1) is 24.0 Å². The van der Waals surface area contributed by atoms with Crippen molar-refractivity contribution in [3.63, 3.8) is 0 Å². The molecular formula is C16H29IN4O2. The predicted molar refractivity (Wildman–Crippen MR) is 104 cm³/mol. The van der Waals surface area contributed by atoms with Gasteiger partial charge in [-0.3, -0.25) is 9.79 Å². The number of carbonyl (C=O) groups is 1. The third-order valence-electron chi connectivity index (χ3n) is 3.30. The van der Waals surface area contributed by atoms with Gasteiger partial charge in [0.1, 0.15) is 5.76 Å². The molecule has 6 nitrogen and oxygen atoms in total. The molecule has 0 fully saturated rings. The van der Waals surface area contributed by atoms with Crippen molar-refractivity contribution in [2.45, 2.75) is 52.1 Å². The maximum atomic E-state index is 11.8. The fraction of sp³-hybridized carbons (Fsp3) is 0.625. The van der Waals surface area contributed by atoms with Crippen LogP contribution in [0.3, 0.4) is 0 Å². The lowest BCUT2D eigenvalue weighted by Gasteiger charge is -2.17. The van der Waals surface area contributed by atoms with Gasteiger partial charge in [-0.2, -0.15) is 0 Å². The first-order chi connectivity index (χ1) is 10.7. The fourth-order valence-corrected chi connectivity index (χ4v) is 2.03. The lowest BCUT2D eigenvalue weighted by atomic mass is 10.1. The van der Waals surface area contributed by atoms with Crippen LogP contribution in [0.1, 0.15) is 45.3 Å². The molecule has 132 valence electrons. The van der Waals surface area contributed by atoms with Crippen LogP contribution < -0.4 is 16.0 Å². The van der Waals surface area contributed by atoms with Gasteiger partial charge in [0.15, 0.2) is 5.96 Å². The summed E-state index contributed by atoms with van der Waals surface area (Å²) >= 11 is 0. The van der Waals surface area contributed by atoms with Crippen molar-refractivity contribution in [1.82, 2.24) is 16.0 Å². The van der Waals surface area contributed by atoms with Gasteiger partial charge in [0.2, 0.25) is 5.91 Å². The van der Waals surface area contributed by atoms with Crippen molar-refractivity contribution in [2.75, 3.05) is 13.6 Å². The van der Waals surface area contributed by atoms with E-state index in [9.17, 15) is 4.79 Å². The summed E-state index contributed by atoms with van der Waals surface area (Å²) in [4.78, 5) is 15.9. The highest BCUT2D eigenvalue weighted by atomic mass is 127. The Kier molecular flexibility index (Phi) is 12.5. The van der Waals surface area contributed by atoms with Crippen LogP contribution >= 0.6 is 24.0 Å². The number of rotatable bonds is 9. The van der Waals surface area contributed by atoms with E-state index in [4.69, 9.17) is 4.42 Å². The van der Waals surface area contributed by atoms with Crippen molar-refractivity contribution in [2.24, 2.45) is 4.99 Å². The molecule has 1 amide bonds. The Morgan fingerprint density at radius 1 is 1.35 bits per heavy atom. The van der Waals surface area contributed by atoms with E-state index in [-0.39, 0.29) is 36.4 Å². The molecule has 0 bridgehead atoms. The zero-order chi connectivity index (χ0) is 16.2. The summed E-state index contributed by atoms with van der Waals surface area (Å²) < 4.78 is 5.16. The Morgan fingerprint density at radius 2 is 2.13 bits per heavy atom. The fourth-order valence-electron chi connectivity index (χ4n) is 2.03. The van der Waals surface area contributed by atoms with Gasteiger partial charge in [-0.05, 0) is 25.5 Å². The molecule has 1 atom stereocenters. The number of carbonyl (C=O) groups excluding carboxylic acids is 1. The molecule has 0 radical (unpaired) electrons. The van der Waals surface area contributed by atoms with Crippen molar-refractivity contribution in [1.29, 1.82) is 0 Å². The SMILES string of the molecule is CCCCCC(C)NC(=NC)NCC(=O)NCc1ccco1.I. The van der Waals surface area contributed by atoms with E-state index in [1.54, 1.807) is 19.4 Å².